The summed E-state index contributed by atoms with van der Waals surface area (Å²) in [5.74, 6) is 1.18. The summed E-state index contributed by atoms with van der Waals surface area (Å²) in [7, 11) is 3.21. The first kappa shape index (κ1) is 19.9. The molecule has 3 rings (SSSR count). The van der Waals surface area contributed by atoms with Gasteiger partial charge >= 0.3 is 0 Å². The number of hydrogen-bond acceptors (Lipinski definition) is 7. The van der Waals surface area contributed by atoms with Gasteiger partial charge in [0.1, 0.15) is 17.2 Å². The normalized spacial score (nSPS) is 14.4. The SMILES string of the molecule is COc1ccc(OC)c(Nc2ccnc(C(=O)NCCN3CCOCC3)c2)c1. The molecule has 0 aliphatic carbocycles. The van der Waals surface area contributed by atoms with Gasteiger partial charge in [-0.2, -0.15) is 0 Å². The molecule has 1 saturated heterocycles. The van der Waals surface area contributed by atoms with Crippen molar-refractivity contribution in [2.75, 3.05) is 58.9 Å². The topological polar surface area (TPSA) is 85.0 Å². The molecule has 28 heavy (non-hydrogen) atoms. The summed E-state index contributed by atoms with van der Waals surface area (Å²) in [5, 5.41) is 6.18. The van der Waals surface area contributed by atoms with Crippen molar-refractivity contribution >= 4 is 17.3 Å². The fourth-order valence-corrected chi connectivity index (χ4v) is 2.94. The maximum atomic E-state index is 12.4. The fourth-order valence-electron chi connectivity index (χ4n) is 2.94. The van der Waals surface area contributed by atoms with Crippen molar-refractivity contribution in [3.8, 4) is 11.5 Å². The zero-order chi connectivity index (χ0) is 19.8. The van der Waals surface area contributed by atoms with Gasteiger partial charge in [-0.1, -0.05) is 0 Å². The van der Waals surface area contributed by atoms with Gasteiger partial charge in [-0.05, 0) is 24.3 Å². The molecule has 1 aromatic carbocycles. The van der Waals surface area contributed by atoms with E-state index in [1.807, 2.05) is 18.2 Å². The molecule has 0 atom stereocenters. The van der Waals surface area contributed by atoms with Crippen molar-refractivity contribution in [1.29, 1.82) is 0 Å². The molecule has 8 nitrogen and oxygen atoms in total. The molecule has 0 radical (unpaired) electrons. The zero-order valence-electron chi connectivity index (χ0n) is 16.2. The Labute approximate surface area is 164 Å². The van der Waals surface area contributed by atoms with Gasteiger partial charge in [-0.3, -0.25) is 14.7 Å². The maximum absolute atomic E-state index is 12.4. The number of nitrogens with one attached hydrogen (secondary N) is 2. The van der Waals surface area contributed by atoms with Crippen LogP contribution in [0.5, 0.6) is 11.5 Å². The highest BCUT2D eigenvalue weighted by Crippen LogP contribution is 2.31. The van der Waals surface area contributed by atoms with Crippen LogP contribution >= 0.6 is 0 Å². The van der Waals surface area contributed by atoms with Crippen molar-refractivity contribution in [2.24, 2.45) is 0 Å². The van der Waals surface area contributed by atoms with Gasteiger partial charge in [-0.25, -0.2) is 0 Å². The minimum atomic E-state index is -0.200. The number of aromatic nitrogens is 1. The summed E-state index contributed by atoms with van der Waals surface area (Å²) < 4.78 is 16.0. The van der Waals surface area contributed by atoms with E-state index in [1.165, 1.54) is 0 Å². The molecule has 1 aliphatic heterocycles. The summed E-state index contributed by atoms with van der Waals surface area (Å²) in [6, 6.07) is 8.99. The predicted molar refractivity (Wildman–Crippen MR) is 107 cm³/mol. The molecule has 8 heteroatoms. The van der Waals surface area contributed by atoms with Gasteiger partial charge < -0.3 is 24.8 Å². The number of hydrogen-bond donors (Lipinski definition) is 2. The van der Waals surface area contributed by atoms with Crippen LogP contribution in [-0.4, -0.2) is 69.4 Å². The molecular formula is C20H26N4O4. The van der Waals surface area contributed by atoms with Crippen LogP contribution in [0, 0.1) is 0 Å². The molecule has 1 aliphatic rings. The van der Waals surface area contributed by atoms with E-state index in [9.17, 15) is 4.79 Å². The third-order valence-electron chi connectivity index (χ3n) is 4.50. The Hall–Kier alpha value is -2.84. The van der Waals surface area contributed by atoms with E-state index in [4.69, 9.17) is 14.2 Å². The van der Waals surface area contributed by atoms with Crippen molar-refractivity contribution in [3.63, 3.8) is 0 Å². The van der Waals surface area contributed by atoms with Crippen molar-refractivity contribution < 1.29 is 19.0 Å². The van der Waals surface area contributed by atoms with Gasteiger partial charge in [0, 0.05) is 44.1 Å². The number of benzene rings is 1. The number of ether oxygens (including phenoxy) is 3. The highest BCUT2D eigenvalue weighted by atomic mass is 16.5. The van der Waals surface area contributed by atoms with E-state index in [1.54, 1.807) is 32.5 Å². The summed E-state index contributed by atoms with van der Waals surface area (Å²) in [6.07, 6.45) is 1.60. The van der Waals surface area contributed by atoms with Crippen molar-refractivity contribution in [1.82, 2.24) is 15.2 Å². The minimum Gasteiger partial charge on any atom is -0.497 e. The molecule has 2 N–H and O–H groups in total. The largest absolute Gasteiger partial charge is 0.497 e. The molecule has 1 amide bonds. The number of methoxy groups -OCH3 is 2. The highest BCUT2D eigenvalue weighted by Gasteiger charge is 2.12. The minimum absolute atomic E-state index is 0.200. The van der Waals surface area contributed by atoms with Crippen LogP contribution in [0.25, 0.3) is 0 Å². The van der Waals surface area contributed by atoms with E-state index in [-0.39, 0.29) is 5.91 Å². The summed E-state index contributed by atoms with van der Waals surface area (Å²) in [4.78, 5) is 18.9. The van der Waals surface area contributed by atoms with Crippen LogP contribution in [0.2, 0.25) is 0 Å². The number of nitrogens with zero attached hydrogens (tertiary/aromatic N) is 2. The molecule has 0 bridgehead atoms. The number of anilines is 2. The molecule has 0 unspecified atom stereocenters. The lowest BCUT2D eigenvalue weighted by Gasteiger charge is -2.26. The average molecular weight is 386 g/mol. The Morgan fingerprint density at radius 3 is 2.75 bits per heavy atom. The van der Waals surface area contributed by atoms with Crippen LogP contribution in [0.15, 0.2) is 36.5 Å². The van der Waals surface area contributed by atoms with Crippen LogP contribution < -0.4 is 20.1 Å². The predicted octanol–water partition coefficient (Wildman–Crippen LogP) is 1.90. The molecular weight excluding hydrogens is 360 g/mol. The zero-order valence-corrected chi connectivity index (χ0v) is 16.2. The third-order valence-corrected chi connectivity index (χ3v) is 4.50. The first-order valence-electron chi connectivity index (χ1n) is 9.23. The first-order chi connectivity index (χ1) is 13.7. The number of pyridine rings is 1. The molecule has 0 spiro atoms. The van der Waals surface area contributed by atoms with Crippen molar-refractivity contribution in [3.05, 3.63) is 42.2 Å². The Morgan fingerprint density at radius 2 is 2.00 bits per heavy atom. The third kappa shape index (κ3) is 5.34. The summed E-state index contributed by atoms with van der Waals surface area (Å²) >= 11 is 0. The quantitative estimate of drug-likeness (QED) is 0.717. The van der Waals surface area contributed by atoms with E-state index < -0.39 is 0 Å². The van der Waals surface area contributed by atoms with E-state index >= 15 is 0 Å². The first-order valence-corrected chi connectivity index (χ1v) is 9.23. The van der Waals surface area contributed by atoms with Gasteiger partial charge in [-0.15, -0.1) is 0 Å². The molecule has 150 valence electrons. The van der Waals surface area contributed by atoms with Crippen LogP contribution in [0.3, 0.4) is 0 Å². The highest BCUT2D eigenvalue weighted by molar-refractivity contribution is 5.93. The standard InChI is InChI=1S/C20H26N4O4/c1-26-16-3-4-19(27-2)17(14-16)23-15-5-6-21-18(13-15)20(25)22-7-8-24-9-11-28-12-10-24/h3-6,13-14H,7-12H2,1-2H3,(H,21,23)(H,22,25). The Kier molecular flexibility index (Phi) is 7.05. The summed E-state index contributed by atoms with van der Waals surface area (Å²) in [5.41, 5.74) is 1.83. The molecule has 1 fully saturated rings. The van der Waals surface area contributed by atoms with Crippen LogP contribution in [0.1, 0.15) is 10.5 Å². The van der Waals surface area contributed by atoms with Gasteiger partial charge in [0.15, 0.2) is 0 Å². The Bertz CT molecular complexity index is 794. The number of morpholine rings is 1. The van der Waals surface area contributed by atoms with Gasteiger partial charge in [0.25, 0.3) is 5.91 Å². The second-order valence-corrected chi connectivity index (χ2v) is 6.33. The van der Waals surface area contributed by atoms with Gasteiger partial charge in [0.2, 0.25) is 0 Å². The second kappa shape index (κ2) is 9.91. The molecule has 2 heterocycles. The maximum Gasteiger partial charge on any atom is 0.269 e. The number of carbonyl (C=O) groups excluding carboxylic acids is 1. The molecule has 2 aromatic rings. The van der Waals surface area contributed by atoms with E-state index in [2.05, 4.69) is 20.5 Å². The lowest BCUT2D eigenvalue weighted by molar-refractivity contribution is 0.0383. The van der Waals surface area contributed by atoms with E-state index in [0.717, 1.165) is 44.2 Å². The Morgan fingerprint density at radius 1 is 1.18 bits per heavy atom. The van der Waals surface area contributed by atoms with Crippen LogP contribution in [0.4, 0.5) is 11.4 Å². The lowest BCUT2D eigenvalue weighted by atomic mass is 10.2. The smallest absolute Gasteiger partial charge is 0.269 e. The number of carbonyl (C=O) groups is 1. The van der Waals surface area contributed by atoms with E-state index in [0.29, 0.717) is 23.7 Å². The second-order valence-electron chi connectivity index (χ2n) is 6.33. The monoisotopic (exact) mass is 386 g/mol. The summed E-state index contributed by atoms with van der Waals surface area (Å²) in [6.45, 7) is 4.66. The molecule has 0 saturated carbocycles. The lowest BCUT2D eigenvalue weighted by Crippen LogP contribution is -2.41. The number of rotatable bonds is 8. The fraction of sp³-hybridized carbons (Fsp3) is 0.400. The van der Waals surface area contributed by atoms with Gasteiger partial charge in [0.05, 0.1) is 33.1 Å². The average Bonchev–Trinajstić information content (AvgIpc) is 2.74. The van der Waals surface area contributed by atoms with Crippen LogP contribution in [-0.2, 0) is 4.74 Å². The Balaban J connectivity index is 1.61. The number of amides is 1. The molecule has 1 aromatic heterocycles. The van der Waals surface area contributed by atoms with Crippen molar-refractivity contribution in [2.45, 2.75) is 0 Å².